The second kappa shape index (κ2) is 5.09. The second-order valence-corrected chi connectivity index (χ2v) is 5.06. The molecule has 5 heteroatoms. The highest BCUT2D eigenvalue weighted by molar-refractivity contribution is 5.74. The summed E-state index contributed by atoms with van der Waals surface area (Å²) in [4.78, 5) is 10.9. The minimum atomic E-state index is -0.965. The molecule has 1 aliphatic rings. The van der Waals surface area contributed by atoms with Crippen LogP contribution in [-0.2, 0) is 11.2 Å². The number of aliphatic hydroxyl groups is 1. The molecule has 1 heterocycles. The Morgan fingerprint density at radius 2 is 2.32 bits per heavy atom. The number of hydrogen-bond donors (Lipinski definition) is 2. The maximum Gasteiger partial charge on any atom is 0.345 e. The van der Waals surface area contributed by atoms with E-state index in [2.05, 4.69) is 0 Å². The van der Waals surface area contributed by atoms with Crippen LogP contribution in [0.4, 0.5) is 0 Å². The lowest BCUT2D eigenvalue weighted by Gasteiger charge is -2.21. The highest BCUT2D eigenvalue weighted by Gasteiger charge is 2.29. The van der Waals surface area contributed by atoms with Crippen molar-refractivity contribution >= 4 is 5.97 Å². The minimum Gasteiger partial charge on any atom is -0.490 e. The first-order valence-electron chi connectivity index (χ1n) is 6.29. The Balaban J connectivity index is 2.04. The van der Waals surface area contributed by atoms with Crippen LogP contribution >= 0.6 is 0 Å². The Morgan fingerprint density at radius 1 is 1.58 bits per heavy atom. The Bertz CT molecular complexity index is 481. The Morgan fingerprint density at radius 3 is 2.95 bits per heavy atom. The summed E-state index contributed by atoms with van der Waals surface area (Å²) >= 11 is 0. The van der Waals surface area contributed by atoms with Gasteiger partial charge in [0.1, 0.15) is 18.1 Å². The van der Waals surface area contributed by atoms with Crippen LogP contribution in [0, 0.1) is 0 Å². The van der Waals surface area contributed by atoms with Gasteiger partial charge in [-0.25, -0.2) is 4.79 Å². The third-order valence-corrected chi connectivity index (χ3v) is 3.30. The number of aliphatic carboxylic acids is 1. The Hall–Kier alpha value is -1.75. The predicted octanol–water partition coefficient (Wildman–Crippen LogP) is 1.61. The van der Waals surface area contributed by atoms with Crippen molar-refractivity contribution in [3.63, 3.8) is 0 Å². The maximum atomic E-state index is 10.9. The fourth-order valence-electron chi connectivity index (χ4n) is 1.78. The van der Waals surface area contributed by atoms with Gasteiger partial charge in [0.2, 0.25) is 0 Å². The van der Waals surface area contributed by atoms with Gasteiger partial charge in [-0.1, -0.05) is 13.0 Å². The molecule has 0 spiro atoms. The van der Waals surface area contributed by atoms with Crippen molar-refractivity contribution in [3.05, 3.63) is 23.8 Å². The van der Waals surface area contributed by atoms with E-state index < -0.39 is 17.7 Å². The zero-order valence-electron chi connectivity index (χ0n) is 11.0. The van der Waals surface area contributed by atoms with E-state index in [-0.39, 0.29) is 6.61 Å². The van der Waals surface area contributed by atoms with Crippen LogP contribution in [0.15, 0.2) is 18.2 Å². The SMILES string of the molecule is CCC(C)(O)COc1ccc2c(c1)OC(C(=O)O)C2. The molecular formula is C14H18O5. The van der Waals surface area contributed by atoms with Gasteiger partial charge in [0, 0.05) is 12.5 Å². The molecular weight excluding hydrogens is 248 g/mol. The molecule has 2 atom stereocenters. The van der Waals surface area contributed by atoms with Crippen LogP contribution < -0.4 is 9.47 Å². The monoisotopic (exact) mass is 266 g/mol. The van der Waals surface area contributed by atoms with E-state index in [0.717, 1.165) is 5.56 Å². The number of benzene rings is 1. The quantitative estimate of drug-likeness (QED) is 0.846. The van der Waals surface area contributed by atoms with Crippen LogP contribution in [0.1, 0.15) is 25.8 Å². The Kier molecular flexibility index (Phi) is 3.66. The first-order chi connectivity index (χ1) is 8.91. The van der Waals surface area contributed by atoms with Crippen molar-refractivity contribution in [2.75, 3.05) is 6.61 Å². The summed E-state index contributed by atoms with van der Waals surface area (Å²) in [5.74, 6) is 0.145. The van der Waals surface area contributed by atoms with Gasteiger partial charge < -0.3 is 19.7 Å². The summed E-state index contributed by atoms with van der Waals surface area (Å²) in [6, 6.07) is 5.23. The van der Waals surface area contributed by atoms with Crippen molar-refractivity contribution in [1.82, 2.24) is 0 Å². The molecule has 0 radical (unpaired) electrons. The third-order valence-electron chi connectivity index (χ3n) is 3.30. The average molecular weight is 266 g/mol. The molecule has 2 unspecified atom stereocenters. The van der Waals surface area contributed by atoms with E-state index in [0.29, 0.717) is 24.3 Å². The van der Waals surface area contributed by atoms with Crippen LogP contribution in [-0.4, -0.2) is 34.5 Å². The number of carboxylic acid groups (broad SMARTS) is 1. The first-order valence-corrected chi connectivity index (χ1v) is 6.29. The first kappa shape index (κ1) is 13.7. The van der Waals surface area contributed by atoms with Crippen molar-refractivity contribution in [2.24, 2.45) is 0 Å². The number of rotatable bonds is 5. The molecule has 0 bridgehead atoms. The third kappa shape index (κ3) is 3.17. The normalized spacial score (nSPS) is 20.3. The van der Waals surface area contributed by atoms with Gasteiger partial charge in [0.05, 0.1) is 5.60 Å². The molecule has 2 rings (SSSR count). The van der Waals surface area contributed by atoms with Crippen LogP contribution in [0.25, 0.3) is 0 Å². The van der Waals surface area contributed by atoms with Gasteiger partial charge in [-0.15, -0.1) is 0 Å². The van der Waals surface area contributed by atoms with Crippen LogP contribution in [0.5, 0.6) is 11.5 Å². The van der Waals surface area contributed by atoms with Crippen molar-refractivity contribution < 1.29 is 24.5 Å². The van der Waals surface area contributed by atoms with Crippen molar-refractivity contribution in [1.29, 1.82) is 0 Å². The molecule has 0 amide bonds. The highest BCUT2D eigenvalue weighted by atomic mass is 16.5. The predicted molar refractivity (Wildman–Crippen MR) is 68.6 cm³/mol. The summed E-state index contributed by atoms with van der Waals surface area (Å²) in [5.41, 5.74) is -0.00859. The van der Waals surface area contributed by atoms with E-state index in [1.165, 1.54) is 0 Å². The standard InChI is InChI=1S/C14H18O5/c1-3-14(2,17)8-18-10-5-4-9-6-12(13(15)16)19-11(9)7-10/h4-5,7,12,17H,3,6,8H2,1-2H3,(H,15,16). The summed E-state index contributed by atoms with van der Waals surface area (Å²) < 4.78 is 10.8. The molecule has 0 aromatic heterocycles. The highest BCUT2D eigenvalue weighted by Crippen LogP contribution is 2.32. The van der Waals surface area contributed by atoms with Gasteiger partial charge in [0.15, 0.2) is 6.10 Å². The van der Waals surface area contributed by atoms with Gasteiger partial charge in [-0.2, -0.15) is 0 Å². The zero-order valence-corrected chi connectivity index (χ0v) is 11.0. The van der Waals surface area contributed by atoms with E-state index in [4.69, 9.17) is 14.6 Å². The van der Waals surface area contributed by atoms with E-state index in [1.54, 1.807) is 25.1 Å². The molecule has 19 heavy (non-hydrogen) atoms. The van der Waals surface area contributed by atoms with Gasteiger partial charge >= 0.3 is 5.97 Å². The second-order valence-electron chi connectivity index (χ2n) is 5.06. The summed E-state index contributed by atoms with van der Waals surface area (Å²) in [7, 11) is 0. The molecule has 0 aliphatic carbocycles. The van der Waals surface area contributed by atoms with Crippen LogP contribution in [0.3, 0.4) is 0 Å². The minimum absolute atomic E-state index is 0.185. The van der Waals surface area contributed by atoms with Crippen molar-refractivity contribution in [2.45, 2.75) is 38.4 Å². The van der Waals surface area contributed by atoms with Gasteiger partial charge in [0.25, 0.3) is 0 Å². The zero-order chi connectivity index (χ0) is 14.0. The summed E-state index contributed by atoms with van der Waals surface area (Å²) in [5, 5.41) is 18.8. The molecule has 2 N–H and O–H groups in total. The number of fused-ring (bicyclic) bond motifs is 1. The van der Waals surface area contributed by atoms with Gasteiger partial charge in [-0.3, -0.25) is 0 Å². The number of hydrogen-bond acceptors (Lipinski definition) is 4. The Labute approximate surface area is 111 Å². The lowest BCUT2D eigenvalue weighted by atomic mass is 10.1. The van der Waals surface area contributed by atoms with E-state index in [9.17, 15) is 9.90 Å². The van der Waals surface area contributed by atoms with Gasteiger partial charge in [-0.05, 0) is 25.0 Å². The fourth-order valence-corrected chi connectivity index (χ4v) is 1.78. The lowest BCUT2D eigenvalue weighted by Crippen LogP contribution is -2.31. The molecule has 1 aliphatic heterocycles. The smallest absolute Gasteiger partial charge is 0.345 e. The fraction of sp³-hybridized carbons (Fsp3) is 0.500. The molecule has 1 aromatic rings. The topological polar surface area (TPSA) is 76.0 Å². The summed E-state index contributed by atoms with van der Waals surface area (Å²) in [6.45, 7) is 3.77. The lowest BCUT2D eigenvalue weighted by molar-refractivity contribution is -0.144. The molecule has 1 aromatic carbocycles. The van der Waals surface area contributed by atoms with Crippen molar-refractivity contribution in [3.8, 4) is 11.5 Å². The summed E-state index contributed by atoms with van der Waals surface area (Å²) in [6.07, 6.45) is 0.150. The molecule has 0 saturated carbocycles. The average Bonchev–Trinajstić information content (AvgIpc) is 2.79. The molecule has 5 nitrogen and oxygen atoms in total. The van der Waals surface area contributed by atoms with Crippen LogP contribution in [0.2, 0.25) is 0 Å². The molecule has 0 fully saturated rings. The largest absolute Gasteiger partial charge is 0.490 e. The maximum absolute atomic E-state index is 10.9. The number of carbonyl (C=O) groups is 1. The molecule has 0 saturated heterocycles. The molecule has 104 valence electrons. The number of ether oxygens (including phenoxy) is 2. The van der Waals surface area contributed by atoms with E-state index in [1.807, 2.05) is 6.92 Å². The van der Waals surface area contributed by atoms with E-state index >= 15 is 0 Å². The number of carboxylic acids is 1.